The monoisotopic (exact) mass is 471 g/mol. The van der Waals surface area contributed by atoms with E-state index in [9.17, 15) is 9.69 Å². The molecule has 0 aliphatic carbocycles. The molecule has 0 fully saturated rings. The SMILES string of the molecule is CCO[PH](O)(OCC)C(Nc1ncc(-c2ccccc2)nc1Cc1ccccc1)C(=O)OC. The second-order valence-corrected chi connectivity index (χ2v) is 9.59. The fourth-order valence-corrected chi connectivity index (χ4v) is 5.36. The Labute approximate surface area is 194 Å². The fourth-order valence-electron chi connectivity index (χ4n) is 3.38. The first-order valence-corrected chi connectivity index (χ1v) is 12.6. The molecule has 33 heavy (non-hydrogen) atoms. The number of carbonyl (C=O) groups excluding carboxylic acids is 1. The molecule has 1 aromatic heterocycles. The van der Waals surface area contributed by atoms with E-state index >= 15 is 0 Å². The Morgan fingerprint density at radius 2 is 1.64 bits per heavy atom. The summed E-state index contributed by atoms with van der Waals surface area (Å²) in [4.78, 5) is 33.2. The van der Waals surface area contributed by atoms with Gasteiger partial charge in [0.25, 0.3) is 0 Å². The standard InChI is InChI=1S/C24H30N3O5P/c1-4-31-33(29,32-5-2)23(24(28)30-3)27-22-20(16-18-12-8-6-9-13-18)26-21(17-25-22)19-14-10-7-11-15-19/h6-15,17,23,29,33H,4-5,16H2,1-3H3,(H,25,27). The van der Waals surface area contributed by atoms with Gasteiger partial charge < -0.3 is 0 Å². The van der Waals surface area contributed by atoms with Crippen molar-refractivity contribution < 1.29 is 23.5 Å². The third-order valence-electron chi connectivity index (χ3n) is 4.91. The second-order valence-electron chi connectivity index (χ2n) is 7.18. The van der Waals surface area contributed by atoms with Crippen molar-refractivity contribution in [2.45, 2.75) is 26.1 Å². The summed E-state index contributed by atoms with van der Waals surface area (Å²) in [5.74, 6) is -1.61. The van der Waals surface area contributed by atoms with Crippen molar-refractivity contribution >= 4 is 19.7 Å². The number of methoxy groups -OCH3 is 1. The Balaban J connectivity index is 2.04. The van der Waals surface area contributed by atoms with Crippen molar-refractivity contribution in [2.24, 2.45) is 0 Å². The van der Waals surface area contributed by atoms with E-state index in [2.05, 4.69) is 10.3 Å². The number of nitrogens with one attached hydrogen (secondary N) is 1. The van der Waals surface area contributed by atoms with E-state index in [1.807, 2.05) is 60.7 Å². The van der Waals surface area contributed by atoms with Crippen LogP contribution in [0.15, 0.2) is 66.9 Å². The number of nitrogens with zero attached hydrogens (tertiary/aromatic N) is 2. The third-order valence-corrected chi connectivity index (χ3v) is 7.43. The molecule has 0 amide bonds. The summed E-state index contributed by atoms with van der Waals surface area (Å²) in [5.41, 5.74) is 3.26. The van der Waals surface area contributed by atoms with E-state index in [1.165, 1.54) is 7.11 Å². The maximum absolute atomic E-state index is 12.7. The Hall–Kier alpha value is -2.90. The van der Waals surface area contributed by atoms with Gasteiger partial charge in [0.2, 0.25) is 0 Å². The number of aromatic nitrogens is 2. The van der Waals surface area contributed by atoms with Crippen LogP contribution in [0.5, 0.6) is 0 Å². The molecule has 2 aromatic carbocycles. The van der Waals surface area contributed by atoms with Crippen molar-refractivity contribution in [1.29, 1.82) is 0 Å². The predicted octanol–water partition coefficient (Wildman–Crippen LogP) is 4.21. The number of carbonyl (C=O) groups is 1. The van der Waals surface area contributed by atoms with Crippen molar-refractivity contribution in [3.63, 3.8) is 0 Å². The van der Waals surface area contributed by atoms with E-state index in [4.69, 9.17) is 18.8 Å². The Morgan fingerprint density at radius 1 is 1.03 bits per heavy atom. The molecular formula is C24H30N3O5P. The molecule has 176 valence electrons. The van der Waals surface area contributed by atoms with Gasteiger partial charge in [0.15, 0.2) is 0 Å². The van der Waals surface area contributed by atoms with Crippen molar-refractivity contribution in [3.05, 3.63) is 78.1 Å². The normalized spacial score (nSPS) is 12.7. The van der Waals surface area contributed by atoms with Crippen LogP contribution in [-0.2, 0) is 25.0 Å². The summed E-state index contributed by atoms with van der Waals surface area (Å²) in [6.45, 7) is 3.79. The van der Waals surface area contributed by atoms with Gasteiger partial charge in [0.05, 0.1) is 0 Å². The molecule has 0 aliphatic heterocycles. The van der Waals surface area contributed by atoms with Gasteiger partial charge in [-0.05, 0) is 0 Å². The molecule has 0 spiro atoms. The molecule has 1 unspecified atom stereocenters. The van der Waals surface area contributed by atoms with Gasteiger partial charge in [-0.1, -0.05) is 0 Å². The van der Waals surface area contributed by atoms with Gasteiger partial charge in [-0.3, -0.25) is 0 Å². The summed E-state index contributed by atoms with van der Waals surface area (Å²) in [7, 11) is -2.74. The molecule has 0 radical (unpaired) electrons. The number of rotatable bonds is 11. The molecule has 9 heteroatoms. The molecule has 2 N–H and O–H groups in total. The molecular weight excluding hydrogens is 441 g/mol. The van der Waals surface area contributed by atoms with Crippen LogP contribution in [0.3, 0.4) is 0 Å². The first kappa shape index (κ1) is 24.7. The molecule has 0 saturated heterocycles. The quantitative estimate of drug-likeness (QED) is 0.317. The van der Waals surface area contributed by atoms with E-state index < -0.39 is 19.7 Å². The number of benzene rings is 2. The average Bonchev–Trinajstić information content (AvgIpc) is 2.84. The van der Waals surface area contributed by atoms with Crippen molar-refractivity contribution in [2.75, 3.05) is 25.6 Å². The Bertz CT molecular complexity index is 1030. The second kappa shape index (κ2) is 11.8. The number of hydrogen-bond donors (Lipinski definition) is 2. The van der Waals surface area contributed by atoms with Crippen LogP contribution in [-0.4, -0.2) is 46.9 Å². The van der Waals surface area contributed by atoms with E-state index in [-0.39, 0.29) is 13.2 Å². The predicted molar refractivity (Wildman–Crippen MR) is 130 cm³/mol. The number of anilines is 1. The van der Waals surface area contributed by atoms with Crippen LogP contribution in [0, 0.1) is 0 Å². The van der Waals surface area contributed by atoms with E-state index in [0.29, 0.717) is 23.6 Å². The summed E-state index contributed by atoms with van der Waals surface area (Å²) in [5, 5.41) is 3.02. The molecule has 8 nitrogen and oxygen atoms in total. The van der Waals surface area contributed by atoms with Gasteiger partial charge in [-0.25, -0.2) is 0 Å². The summed E-state index contributed by atoms with van der Waals surface area (Å²) < 4.78 is 16.0. The van der Waals surface area contributed by atoms with E-state index in [1.54, 1.807) is 20.0 Å². The van der Waals surface area contributed by atoms with E-state index in [0.717, 1.165) is 11.1 Å². The van der Waals surface area contributed by atoms with Gasteiger partial charge >= 0.3 is 194 Å². The number of esters is 1. The van der Waals surface area contributed by atoms with Gasteiger partial charge in [0, 0.05) is 0 Å². The van der Waals surface area contributed by atoms with Crippen molar-refractivity contribution in [1.82, 2.24) is 9.97 Å². The third kappa shape index (κ3) is 6.33. The molecule has 1 heterocycles. The van der Waals surface area contributed by atoms with Crippen LogP contribution in [0.1, 0.15) is 25.1 Å². The summed E-state index contributed by atoms with van der Waals surface area (Å²) >= 11 is 0. The molecule has 3 rings (SSSR count). The summed E-state index contributed by atoms with van der Waals surface area (Å²) in [6.07, 6.45) is 2.09. The minimum atomic E-state index is -3.99. The zero-order valence-electron chi connectivity index (χ0n) is 19.0. The average molecular weight is 471 g/mol. The number of hydrogen-bond acceptors (Lipinski definition) is 8. The van der Waals surface area contributed by atoms with Crippen LogP contribution in [0.25, 0.3) is 11.3 Å². The van der Waals surface area contributed by atoms with Crippen LogP contribution < -0.4 is 5.32 Å². The summed E-state index contributed by atoms with van der Waals surface area (Å²) in [6, 6.07) is 19.5. The molecule has 0 aliphatic rings. The van der Waals surface area contributed by atoms with Crippen LogP contribution in [0.2, 0.25) is 0 Å². The topological polar surface area (TPSA) is 103 Å². The Morgan fingerprint density at radius 3 is 2.21 bits per heavy atom. The van der Waals surface area contributed by atoms with Crippen LogP contribution >= 0.6 is 7.94 Å². The molecule has 0 bridgehead atoms. The first-order chi connectivity index (χ1) is 16.0. The van der Waals surface area contributed by atoms with Gasteiger partial charge in [0.1, 0.15) is 0 Å². The van der Waals surface area contributed by atoms with Gasteiger partial charge in [-0.15, -0.1) is 0 Å². The number of ether oxygens (including phenoxy) is 1. The molecule has 0 saturated carbocycles. The Kier molecular flexibility index (Phi) is 8.86. The molecule has 1 atom stereocenters. The zero-order chi connectivity index (χ0) is 23.7. The van der Waals surface area contributed by atoms with Gasteiger partial charge in [-0.2, -0.15) is 0 Å². The maximum atomic E-state index is 12.7. The minimum absolute atomic E-state index is 0.174. The first-order valence-electron chi connectivity index (χ1n) is 10.8. The zero-order valence-corrected chi connectivity index (χ0v) is 20.0. The van der Waals surface area contributed by atoms with Crippen LogP contribution in [0.4, 0.5) is 5.82 Å². The molecule has 3 aromatic rings. The fraction of sp³-hybridized carbons (Fsp3) is 0.292. The van der Waals surface area contributed by atoms with Crippen molar-refractivity contribution in [3.8, 4) is 11.3 Å².